The molecule has 3 heterocycles. The van der Waals surface area contributed by atoms with Crippen molar-refractivity contribution in [2.75, 3.05) is 12.3 Å². The summed E-state index contributed by atoms with van der Waals surface area (Å²) in [5.41, 5.74) is 6.17. The van der Waals surface area contributed by atoms with Crippen molar-refractivity contribution in [1.82, 2.24) is 20.2 Å². The molecule has 0 radical (unpaired) electrons. The Bertz CT molecular complexity index is 1490. The van der Waals surface area contributed by atoms with Crippen LogP contribution in [0.1, 0.15) is 22.5 Å². The second-order valence-corrected chi connectivity index (χ2v) is 7.56. The summed E-state index contributed by atoms with van der Waals surface area (Å²) < 4.78 is 34.3. The second kappa shape index (κ2) is 9.60. The summed E-state index contributed by atoms with van der Waals surface area (Å²) in [6.07, 6.45) is 0.851. The van der Waals surface area contributed by atoms with Gasteiger partial charge in [0.1, 0.15) is 18.3 Å². The van der Waals surface area contributed by atoms with E-state index in [4.69, 9.17) is 10.3 Å². The minimum Gasteiger partial charge on any atom is -0.427 e. The van der Waals surface area contributed by atoms with Crippen LogP contribution in [0, 0.1) is 11.3 Å². The number of rotatable bonds is 7. The molecule has 4 rings (SSSR count). The number of carbonyl (C=O) groups is 1. The Morgan fingerprint density at radius 1 is 1.29 bits per heavy atom. The van der Waals surface area contributed by atoms with E-state index in [0.717, 1.165) is 5.56 Å². The van der Waals surface area contributed by atoms with Crippen LogP contribution in [-0.2, 0) is 23.7 Å². The Kier molecular flexibility index (Phi) is 6.41. The van der Waals surface area contributed by atoms with Crippen LogP contribution in [0.5, 0.6) is 0 Å². The zero-order valence-corrected chi connectivity index (χ0v) is 18.2. The SMILES string of the molecule is N#Cc1ccc(=NCC(F)(F)c2ccccn2)n(O)c1CC(=O)NCc1ccc2onc(N)c2c1. The Morgan fingerprint density at radius 3 is 2.86 bits per heavy atom. The molecule has 0 saturated heterocycles. The number of amides is 1. The lowest BCUT2D eigenvalue weighted by atomic mass is 10.1. The number of aromatic nitrogens is 3. The number of nitrogens with zero attached hydrogens (tertiary/aromatic N) is 5. The molecule has 0 aliphatic carbocycles. The standard InChI is InChI=1S/C23H19F2N7O3/c24-23(25,19-3-1-2-8-28-19)13-30-20-7-5-15(11-26)17(32(20)34)10-21(33)29-12-14-4-6-18-16(9-14)22(27)31-35-18/h1-9,34H,10,12-13H2,(H2,27,31)(H,29,33). The van der Waals surface area contributed by atoms with E-state index in [1.807, 2.05) is 6.07 Å². The fourth-order valence-electron chi connectivity index (χ4n) is 3.34. The van der Waals surface area contributed by atoms with Gasteiger partial charge in [-0.3, -0.25) is 14.8 Å². The molecule has 0 aliphatic rings. The van der Waals surface area contributed by atoms with Gasteiger partial charge in [0.25, 0.3) is 0 Å². The number of nitrogens with one attached hydrogen (secondary N) is 1. The van der Waals surface area contributed by atoms with Crippen LogP contribution >= 0.6 is 0 Å². The molecular formula is C23H19F2N7O3. The first-order valence-electron chi connectivity index (χ1n) is 10.3. The zero-order valence-electron chi connectivity index (χ0n) is 18.2. The van der Waals surface area contributed by atoms with Gasteiger partial charge in [-0.25, -0.2) is 0 Å². The third-order valence-corrected chi connectivity index (χ3v) is 5.16. The highest BCUT2D eigenvalue weighted by atomic mass is 19.3. The first-order valence-corrected chi connectivity index (χ1v) is 10.3. The molecule has 1 aromatic carbocycles. The maximum absolute atomic E-state index is 14.4. The molecule has 0 atom stereocenters. The Hall–Kier alpha value is -4.79. The smallest absolute Gasteiger partial charge is 0.308 e. The fraction of sp³-hybridized carbons (Fsp3) is 0.174. The van der Waals surface area contributed by atoms with Crippen LogP contribution in [0.15, 0.2) is 64.2 Å². The zero-order chi connectivity index (χ0) is 25.0. The molecule has 0 aliphatic heterocycles. The van der Waals surface area contributed by atoms with Gasteiger partial charge in [-0.05, 0) is 42.0 Å². The number of anilines is 1. The largest absolute Gasteiger partial charge is 0.427 e. The number of nitrogens with two attached hydrogens (primary N) is 1. The average Bonchev–Trinajstić information content (AvgIpc) is 3.23. The van der Waals surface area contributed by atoms with Gasteiger partial charge in [0.15, 0.2) is 16.9 Å². The lowest BCUT2D eigenvalue weighted by molar-refractivity contribution is -0.120. The van der Waals surface area contributed by atoms with Crippen molar-refractivity contribution in [2.45, 2.75) is 18.9 Å². The predicted octanol–water partition coefficient (Wildman–Crippen LogP) is 2.27. The van der Waals surface area contributed by atoms with E-state index in [1.54, 1.807) is 18.2 Å². The highest BCUT2D eigenvalue weighted by Crippen LogP contribution is 2.26. The van der Waals surface area contributed by atoms with Gasteiger partial charge in [-0.2, -0.15) is 18.8 Å². The van der Waals surface area contributed by atoms with E-state index < -0.39 is 30.5 Å². The quantitative estimate of drug-likeness (QED) is 0.343. The number of hydrogen-bond acceptors (Lipinski definition) is 8. The van der Waals surface area contributed by atoms with Crippen LogP contribution in [0.2, 0.25) is 0 Å². The van der Waals surface area contributed by atoms with Crippen molar-refractivity contribution in [3.8, 4) is 6.07 Å². The number of halogens is 2. The van der Waals surface area contributed by atoms with E-state index in [2.05, 4.69) is 20.4 Å². The van der Waals surface area contributed by atoms with Gasteiger partial charge in [0, 0.05) is 12.7 Å². The van der Waals surface area contributed by atoms with Crippen LogP contribution in [0.3, 0.4) is 0 Å². The summed E-state index contributed by atoms with van der Waals surface area (Å²) in [6, 6.07) is 13.6. The Labute approximate surface area is 196 Å². The lowest BCUT2D eigenvalue weighted by Crippen LogP contribution is -2.31. The topological polar surface area (TPSA) is 155 Å². The molecule has 0 saturated carbocycles. The molecule has 3 aromatic heterocycles. The highest BCUT2D eigenvalue weighted by Gasteiger charge is 2.32. The van der Waals surface area contributed by atoms with Gasteiger partial charge in [-0.15, -0.1) is 0 Å². The molecule has 10 nitrogen and oxygen atoms in total. The van der Waals surface area contributed by atoms with Gasteiger partial charge in [-0.1, -0.05) is 17.3 Å². The lowest BCUT2D eigenvalue weighted by Gasteiger charge is -2.14. The number of hydrogen-bond donors (Lipinski definition) is 3. The Balaban J connectivity index is 1.51. The Morgan fingerprint density at radius 2 is 2.11 bits per heavy atom. The van der Waals surface area contributed by atoms with E-state index in [0.29, 0.717) is 15.7 Å². The first-order chi connectivity index (χ1) is 16.8. The van der Waals surface area contributed by atoms with Crippen molar-refractivity contribution in [3.63, 3.8) is 0 Å². The third-order valence-electron chi connectivity index (χ3n) is 5.16. The molecule has 35 heavy (non-hydrogen) atoms. The molecule has 4 N–H and O–H groups in total. The monoisotopic (exact) mass is 479 g/mol. The number of pyridine rings is 2. The number of nitriles is 1. The second-order valence-electron chi connectivity index (χ2n) is 7.56. The van der Waals surface area contributed by atoms with Crippen LogP contribution in [0.4, 0.5) is 14.6 Å². The summed E-state index contributed by atoms with van der Waals surface area (Å²) in [5, 5.41) is 26.9. The molecule has 12 heteroatoms. The van der Waals surface area contributed by atoms with Crippen LogP contribution in [0.25, 0.3) is 11.0 Å². The van der Waals surface area contributed by atoms with Crippen molar-refractivity contribution >= 4 is 22.7 Å². The summed E-state index contributed by atoms with van der Waals surface area (Å²) in [4.78, 5) is 20.0. The van der Waals surface area contributed by atoms with E-state index in [1.165, 1.54) is 36.5 Å². The van der Waals surface area contributed by atoms with Crippen molar-refractivity contribution in [1.29, 1.82) is 5.26 Å². The van der Waals surface area contributed by atoms with Crippen molar-refractivity contribution in [3.05, 3.63) is 82.7 Å². The molecule has 0 bridgehead atoms. The number of carbonyl (C=O) groups excluding carboxylic acids is 1. The molecule has 0 fully saturated rings. The van der Waals surface area contributed by atoms with Gasteiger partial charge in [0.05, 0.1) is 23.1 Å². The van der Waals surface area contributed by atoms with Gasteiger partial charge >= 0.3 is 5.92 Å². The first kappa shape index (κ1) is 23.4. The van der Waals surface area contributed by atoms with Gasteiger partial charge in [0.2, 0.25) is 5.91 Å². The normalized spacial score (nSPS) is 12.0. The van der Waals surface area contributed by atoms with Crippen molar-refractivity contribution in [2.24, 2.45) is 4.99 Å². The number of fused-ring (bicyclic) bond motifs is 1. The van der Waals surface area contributed by atoms with Crippen molar-refractivity contribution < 1.29 is 23.3 Å². The number of nitrogen functional groups attached to an aromatic ring is 1. The predicted molar refractivity (Wildman–Crippen MR) is 119 cm³/mol. The van der Waals surface area contributed by atoms with Crippen LogP contribution < -0.4 is 16.5 Å². The minimum atomic E-state index is -3.38. The van der Waals surface area contributed by atoms with Crippen LogP contribution in [-0.4, -0.2) is 32.5 Å². The minimum absolute atomic E-state index is 0.00301. The molecule has 178 valence electrons. The molecule has 1 amide bonds. The molecule has 4 aromatic rings. The van der Waals surface area contributed by atoms with E-state index in [-0.39, 0.29) is 29.1 Å². The third kappa shape index (κ3) is 5.09. The number of alkyl halides is 2. The molecule has 0 spiro atoms. The van der Waals surface area contributed by atoms with E-state index in [9.17, 15) is 24.0 Å². The maximum atomic E-state index is 14.4. The van der Waals surface area contributed by atoms with E-state index >= 15 is 0 Å². The number of benzene rings is 1. The summed E-state index contributed by atoms with van der Waals surface area (Å²) in [7, 11) is 0. The summed E-state index contributed by atoms with van der Waals surface area (Å²) in [5.74, 6) is -3.67. The average molecular weight is 479 g/mol. The maximum Gasteiger partial charge on any atom is 0.308 e. The summed E-state index contributed by atoms with van der Waals surface area (Å²) in [6.45, 7) is -0.857. The molecular weight excluding hydrogens is 460 g/mol. The highest BCUT2D eigenvalue weighted by molar-refractivity contribution is 5.87. The fourth-order valence-corrected chi connectivity index (χ4v) is 3.34. The van der Waals surface area contributed by atoms with Gasteiger partial charge < -0.3 is 20.8 Å². The summed E-state index contributed by atoms with van der Waals surface area (Å²) >= 11 is 0. The molecule has 0 unspecified atom stereocenters.